The maximum atomic E-state index is 6.28. The molecule has 4 rings (SSSR count). The topological polar surface area (TPSA) is 30.3 Å². The largest absolute Gasteiger partial charge is 0.493 e. The summed E-state index contributed by atoms with van der Waals surface area (Å²) in [4.78, 5) is 7.71. The van der Waals surface area contributed by atoms with Crippen LogP contribution in [0.1, 0.15) is 81.8 Å². The molecule has 0 bridgehead atoms. The van der Waals surface area contributed by atoms with Gasteiger partial charge in [-0.3, -0.25) is 4.90 Å². The average Bonchev–Trinajstić information content (AvgIpc) is 2.94. The van der Waals surface area contributed by atoms with Gasteiger partial charge in [0.15, 0.2) is 0 Å². The van der Waals surface area contributed by atoms with E-state index in [4.69, 9.17) is 9.72 Å². The highest BCUT2D eigenvalue weighted by Gasteiger charge is 2.23. The minimum absolute atomic E-state index is 0.339. The van der Waals surface area contributed by atoms with Crippen molar-refractivity contribution >= 4 is 11.0 Å². The first kappa shape index (κ1) is 22.8. The van der Waals surface area contributed by atoms with Crippen LogP contribution in [-0.2, 0) is 6.54 Å². The Hall–Kier alpha value is -2.33. The summed E-state index contributed by atoms with van der Waals surface area (Å²) >= 11 is 0. The minimum Gasteiger partial charge on any atom is -0.493 e. The van der Waals surface area contributed by atoms with Crippen molar-refractivity contribution in [2.45, 2.75) is 78.3 Å². The van der Waals surface area contributed by atoms with Gasteiger partial charge in [-0.15, -0.1) is 0 Å². The van der Waals surface area contributed by atoms with Crippen LogP contribution < -0.4 is 4.74 Å². The Labute approximate surface area is 193 Å². The fourth-order valence-electron chi connectivity index (χ4n) is 4.94. The molecule has 1 atom stereocenters. The lowest BCUT2D eigenvalue weighted by atomic mass is 10.0. The molecule has 1 saturated heterocycles. The molecule has 4 heteroatoms. The second-order valence-electron chi connectivity index (χ2n) is 9.63. The van der Waals surface area contributed by atoms with Crippen molar-refractivity contribution in [3.05, 3.63) is 59.4 Å². The Balaban J connectivity index is 1.49. The van der Waals surface area contributed by atoms with Gasteiger partial charge in [0.2, 0.25) is 0 Å². The normalized spacial score (nSPS) is 16.4. The predicted octanol–water partition coefficient (Wildman–Crippen LogP) is 6.87. The Morgan fingerprint density at radius 3 is 2.47 bits per heavy atom. The Morgan fingerprint density at radius 2 is 1.72 bits per heavy atom. The quantitative estimate of drug-likeness (QED) is 0.363. The zero-order chi connectivity index (χ0) is 22.5. The maximum absolute atomic E-state index is 6.28. The molecule has 0 amide bonds. The molecule has 32 heavy (non-hydrogen) atoms. The van der Waals surface area contributed by atoms with Gasteiger partial charge in [-0.05, 0) is 81.4 Å². The molecule has 3 aromatic rings. The summed E-state index contributed by atoms with van der Waals surface area (Å²) in [5, 5.41) is 0. The van der Waals surface area contributed by atoms with Gasteiger partial charge in [0.1, 0.15) is 11.6 Å². The van der Waals surface area contributed by atoms with Crippen LogP contribution in [0, 0.1) is 6.92 Å². The van der Waals surface area contributed by atoms with Crippen LogP contribution in [-0.4, -0.2) is 34.1 Å². The van der Waals surface area contributed by atoms with Crippen LogP contribution in [0.15, 0.2) is 42.5 Å². The van der Waals surface area contributed by atoms with E-state index >= 15 is 0 Å². The third-order valence-electron chi connectivity index (χ3n) is 6.82. The molecule has 172 valence electrons. The molecule has 1 aliphatic heterocycles. The molecule has 1 aliphatic rings. The van der Waals surface area contributed by atoms with Gasteiger partial charge >= 0.3 is 0 Å². The summed E-state index contributed by atoms with van der Waals surface area (Å²) in [6.07, 6.45) is 6.27. The number of aryl methyl sites for hydroxylation is 2. The van der Waals surface area contributed by atoms with E-state index in [1.807, 2.05) is 0 Å². The maximum Gasteiger partial charge on any atom is 0.127 e. The van der Waals surface area contributed by atoms with Crippen LogP contribution in [0.4, 0.5) is 0 Å². The van der Waals surface area contributed by atoms with Crippen LogP contribution in [0.3, 0.4) is 0 Å². The average molecular weight is 434 g/mol. The Morgan fingerprint density at radius 1 is 0.969 bits per heavy atom. The van der Waals surface area contributed by atoms with Gasteiger partial charge in [0.05, 0.1) is 23.7 Å². The van der Waals surface area contributed by atoms with Gasteiger partial charge in [-0.25, -0.2) is 4.98 Å². The van der Waals surface area contributed by atoms with E-state index in [1.54, 1.807) is 0 Å². The number of para-hydroxylation sites is 2. The molecule has 2 aromatic carbocycles. The smallest absolute Gasteiger partial charge is 0.127 e. The Bertz CT molecular complexity index is 1010. The number of nitrogens with zero attached hydrogens (tertiary/aromatic N) is 3. The molecular formula is C28H39N3O. The first-order valence-electron chi connectivity index (χ1n) is 12.5. The molecule has 0 N–H and O–H groups in total. The van der Waals surface area contributed by atoms with E-state index in [-0.39, 0.29) is 0 Å². The van der Waals surface area contributed by atoms with Crippen LogP contribution in [0.2, 0.25) is 0 Å². The molecule has 0 saturated carbocycles. The molecule has 0 spiro atoms. The summed E-state index contributed by atoms with van der Waals surface area (Å²) in [6, 6.07) is 15.5. The van der Waals surface area contributed by atoms with Crippen molar-refractivity contribution in [2.75, 3.05) is 19.7 Å². The van der Waals surface area contributed by atoms with Crippen molar-refractivity contribution in [1.82, 2.24) is 14.5 Å². The number of hydrogen-bond donors (Lipinski definition) is 0. The number of likely N-dealkylation sites (tertiary alicyclic amines) is 1. The summed E-state index contributed by atoms with van der Waals surface area (Å²) in [7, 11) is 0. The number of hydrogen-bond acceptors (Lipinski definition) is 3. The van der Waals surface area contributed by atoms with Gasteiger partial charge in [0, 0.05) is 6.54 Å². The molecule has 1 fully saturated rings. The molecule has 0 aliphatic carbocycles. The van der Waals surface area contributed by atoms with E-state index in [9.17, 15) is 0 Å². The number of imidazole rings is 1. The van der Waals surface area contributed by atoms with Crippen molar-refractivity contribution < 1.29 is 4.74 Å². The van der Waals surface area contributed by atoms with Crippen molar-refractivity contribution in [1.29, 1.82) is 0 Å². The summed E-state index contributed by atoms with van der Waals surface area (Å²) < 4.78 is 8.72. The number of aromatic nitrogens is 2. The van der Waals surface area contributed by atoms with E-state index in [0.717, 1.165) is 24.2 Å². The SMILES string of the molecule is Cc1ccc(C(C)C)c(OCCCn2c(C(C)N3CCCCCC3)nc3ccccc32)c1. The lowest BCUT2D eigenvalue weighted by Crippen LogP contribution is -2.30. The third kappa shape index (κ3) is 5.17. The standard InChI is InChI=1S/C28H39N3O/c1-21(2)24-15-14-22(3)20-27(24)32-19-11-18-31-26-13-8-7-12-25(26)29-28(31)23(4)30-16-9-5-6-10-17-30/h7-8,12-15,20-21,23H,5-6,9-11,16-19H2,1-4H3. The second kappa shape index (κ2) is 10.5. The molecule has 4 nitrogen and oxygen atoms in total. The van der Waals surface area contributed by atoms with Gasteiger partial charge in [0.25, 0.3) is 0 Å². The lowest BCUT2D eigenvalue weighted by molar-refractivity contribution is 0.206. The first-order valence-corrected chi connectivity index (χ1v) is 12.5. The van der Waals surface area contributed by atoms with Crippen molar-refractivity contribution in [2.24, 2.45) is 0 Å². The molecule has 2 heterocycles. The highest BCUT2D eigenvalue weighted by molar-refractivity contribution is 5.76. The number of benzene rings is 2. The number of fused-ring (bicyclic) bond motifs is 1. The lowest BCUT2D eigenvalue weighted by Gasteiger charge is -2.27. The second-order valence-corrected chi connectivity index (χ2v) is 9.63. The zero-order valence-electron chi connectivity index (χ0n) is 20.3. The van der Waals surface area contributed by atoms with E-state index in [0.29, 0.717) is 18.6 Å². The third-order valence-corrected chi connectivity index (χ3v) is 6.82. The molecular weight excluding hydrogens is 394 g/mol. The highest BCUT2D eigenvalue weighted by atomic mass is 16.5. The van der Waals surface area contributed by atoms with Gasteiger partial charge in [-0.2, -0.15) is 0 Å². The number of ether oxygens (including phenoxy) is 1. The molecule has 1 aromatic heterocycles. The first-order chi connectivity index (χ1) is 15.5. The van der Waals surface area contributed by atoms with Gasteiger partial charge < -0.3 is 9.30 Å². The summed E-state index contributed by atoms with van der Waals surface area (Å²) in [5.41, 5.74) is 4.88. The predicted molar refractivity (Wildman–Crippen MR) is 134 cm³/mol. The summed E-state index contributed by atoms with van der Waals surface area (Å²) in [6.45, 7) is 12.9. The van der Waals surface area contributed by atoms with E-state index in [1.165, 1.54) is 61.2 Å². The van der Waals surface area contributed by atoms with Gasteiger partial charge in [-0.1, -0.05) is 51.0 Å². The van der Waals surface area contributed by atoms with Crippen LogP contribution in [0.25, 0.3) is 11.0 Å². The highest BCUT2D eigenvalue weighted by Crippen LogP contribution is 2.29. The number of rotatable bonds is 8. The fourth-order valence-corrected chi connectivity index (χ4v) is 4.94. The molecule has 0 radical (unpaired) electrons. The Kier molecular flexibility index (Phi) is 7.51. The van der Waals surface area contributed by atoms with E-state index in [2.05, 4.69) is 79.6 Å². The van der Waals surface area contributed by atoms with Crippen LogP contribution >= 0.6 is 0 Å². The van der Waals surface area contributed by atoms with Crippen LogP contribution in [0.5, 0.6) is 5.75 Å². The monoisotopic (exact) mass is 433 g/mol. The minimum atomic E-state index is 0.339. The van der Waals surface area contributed by atoms with Crippen molar-refractivity contribution in [3.63, 3.8) is 0 Å². The molecule has 1 unspecified atom stereocenters. The van der Waals surface area contributed by atoms with Crippen molar-refractivity contribution in [3.8, 4) is 5.75 Å². The summed E-state index contributed by atoms with van der Waals surface area (Å²) in [5.74, 6) is 2.70. The fraction of sp³-hybridized carbons (Fsp3) is 0.536. The van der Waals surface area contributed by atoms with E-state index < -0.39 is 0 Å². The zero-order valence-corrected chi connectivity index (χ0v) is 20.3.